The molecule has 0 saturated carbocycles. The van der Waals surface area contributed by atoms with E-state index in [1.165, 1.54) is 77.2 Å². The van der Waals surface area contributed by atoms with Gasteiger partial charge in [-0.25, -0.2) is 9.97 Å². The summed E-state index contributed by atoms with van der Waals surface area (Å²) in [5.41, 5.74) is 18.1. The zero-order valence-electron chi connectivity index (χ0n) is 32.1. The zero-order valence-corrected chi connectivity index (χ0v) is 32.1. The molecule has 2 heteroatoms. The third-order valence-electron chi connectivity index (χ3n) is 12.7. The largest absolute Gasteiger partial charge is 0.228 e. The highest BCUT2D eigenvalue weighted by Gasteiger charge is 2.37. The fourth-order valence-corrected chi connectivity index (χ4v) is 9.69. The van der Waals surface area contributed by atoms with E-state index in [1.807, 2.05) is 6.07 Å². The maximum atomic E-state index is 5.28. The molecule has 0 aliphatic heterocycles. The lowest BCUT2D eigenvalue weighted by atomic mass is 9.81. The average Bonchev–Trinajstić information content (AvgIpc) is 3.60. The SMILES string of the molecule is CC1(C)c2ccccc2-c2cc(-c3cc(-c4ccc(-c5ccc6c(c5)C(C)(C)c5cc7ccccc7cc5-6)c5ccccc45)nc(-c4ccccc4)n3)ccc21. The lowest BCUT2D eigenvalue weighted by Gasteiger charge is -2.22. The molecular formula is C54H40N2. The average molecular weight is 717 g/mol. The number of benzene rings is 8. The fraction of sp³-hybridized carbons (Fsp3) is 0.111. The molecule has 2 nitrogen and oxygen atoms in total. The summed E-state index contributed by atoms with van der Waals surface area (Å²) in [7, 11) is 0. The summed E-state index contributed by atoms with van der Waals surface area (Å²) >= 11 is 0. The quantitative estimate of drug-likeness (QED) is 0.181. The van der Waals surface area contributed by atoms with Gasteiger partial charge in [-0.05, 0) is 108 Å². The summed E-state index contributed by atoms with van der Waals surface area (Å²) in [5, 5.41) is 4.96. The fourth-order valence-electron chi connectivity index (χ4n) is 9.69. The normalized spacial score (nSPS) is 14.4. The molecule has 0 bridgehead atoms. The molecule has 0 N–H and O–H groups in total. The first-order chi connectivity index (χ1) is 27.3. The lowest BCUT2D eigenvalue weighted by Crippen LogP contribution is -2.15. The predicted octanol–water partition coefficient (Wildman–Crippen LogP) is 14.1. The topological polar surface area (TPSA) is 25.8 Å². The van der Waals surface area contributed by atoms with Crippen molar-refractivity contribution >= 4 is 21.5 Å². The molecule has 1 aromatic heterocycles. The monoisotopic (exact) mass is 716 g/mol. The lowest BCUT2D eigenvalue weighted by molar-refractivity contribution is 0.660. The Kier molecular flexibility index (Phi) is 6.98. The smallest absolute Gasteiger partial charge is 0.160 e. The highest BCUT2D eigenvalue weighted by molar-refractivity contribution is 6.05. The summed E-state index contributed by atoms with van der Waals surface area (Å²) in [4.78, 5) is 10.5. The van der Waals surface area contributed by atoms with E-state index < -0.39 is 0 Å². The number of nitrogens with zero attached hydrogens (tertiary/aromatic N) is 2. The van der Waals surface area contributed by atoms with E-state index in [2.05, 4.69) is 191 Å². The van der Waals surface area contributed by atoms with Crippen LogP contribution in [-0.2, 0) is 10.8 Å². The molecule has 56 heavy (non-hydrogen) atoms. The minimum absolute atomic E-state index is 0.0512. The third kappa shape index (κ3) is 4.82. The number of hydrogen-bond acceptors (Lipinski definition) is 2. The molecule has 2 aliphatic rings. The Morgan fingerprint density at radius 1 is 0.321 bits per heavy atom. The van der Waals surface area contributed by atoms with Crippen LogP contribution in [-0.4, -0.2) is 9.97 Å². The van der Waals surface area contributed by atoms with Crippen LogP contribution in [0.1, 0.15) is 49.9 Å². The number of hydrogen-bond donors (Lipinski definition) is 0. The molecule has 0 fully saturated rings. The molecule has 0 spiro atoms. The standard InChI is InChI=1S/C54H40N2/c1-53(2)46-21-13-12-20-41(46)44-29-37(23-27-47(44)53)50-32-51(56-52(55-50)33-14-6-5-7-15-33)43-26-25-38(39-18-10-11-19-40(39)43)36-22-24-42-45-28-34-16-8-9-17-35(34)30-49(45)54(3,4)48(42)31-36/h5-32H,1-4H3. The summed E-state index contributed by atoms with van der Waals surface area (Å²) < 4.78 is 0. The van der Waals surface area contributed by atoms with E-state index >= 15 is 0 Å². The Labute approximate surface area is 328 Å². The molecule has 0 unspecified atom stereocenters. The molecule has 0 amide bonds. The van der Waals surface area contributed by atoms with Crippen molar-refractivity contribution in [1.29, 1.82) is 0 Å². The van der Waals surface area contributed by atoms with Crippen molar-refractivity contribution in [3.8, 4) is 67.3 Å². The molecule has 8 aromatic carbocycles. The van der Waals surface area contributed by atoms with E-state index in [9.17, 15) is 0 Å². The summed E-state index contributed by atoms with van der Waals surface area (Å²) in [6, 6.07) is 62.2. The van der Waals surface area contributed by atoms with E-state index in [0.29, 0.717) is 0 Å². The first-order valence-electron chi connectivity index (χ1n) is 19.7. The first-order valence-corrected chi connectivity index (χ1v) is 19.7. The zero-order chi connectivity index (χ0) is 37.8. The van der Waals surface area contributed by atoms with Gasteiger partial charge in [0.05, 0.1) is 11.4 Å². The molecule has 2 aliphatic carbocycles. The van der Waals surface area contributed by atoms with Gasteiger partial charge in [0.1, 0.15) is 0 Å². The minimum atomic E-state index is -0.110. The van der Waals surface area contributed by atoms with Crippen molar-refractivity contribution in [1.82, 2.24) is 9.97 Å². The van der Waals surface area contributed by atoms with Gasteiger partial charge >= 0.3 is 0 Å². The van der Waals surface area contributed by atoms with Crippen molar-refractivity contribution in [3.63, 3.8) is 0 Å². The van der Waals surface area contributed by atoms with Gasteiger partial charge in [-0.15, -0.1) is 0 Å². The van der Waals surface area contributed by atoms with Crippen LogP contribution in [0.2, 0.25) is 0 Å². The van der Waals surface area contributed by atoms with Crippen LogP contribution < -0.4 is 0 Å². The van der Waals surface area contributed by atoms with Gasteiger partial charge in [0.15, 0.2) is 5.82 Å². The second-order valence-corrected chi connectivity index (χ2v) is 16.6. The highest BCUT2D eigenvalue weighted by Crippen LogP contribution is 2.52. The number of aromatic nitrogens is 2. The van der Waals surface area contributed by atoms with Crippen molar-refractivity contribution in [3.05, 3.63) is 192 Å². The van der Waals surface area contributed by atoms with Crippen LogP contribution in [0, 0.1) is 0 Å². The van der Waals surface area contributed by atoms with Crippen molar-refractivity contribution in [2.24, 2.45) is 0 Å². The molecule has 266 valence electrons. The van der Waals surface area contributed by atoms with E-state index in [1.54, 1.807) is 0 Å². The Bertz CT molecular complexity index is 3080. The molecule has 9 aromatic rings. The van der Waals surface area contributed by atoms with E-state index in [0.717, 1.165) is 33.9 Å². The van der Waals surface area contributed by atoms with Crippen molar-refractivity contribution in [2.45, 2.75) is 38.5 Å². The van der Waals surface area contributed by atoms with Gasteiger partial charge in [0.2, 0.25) is 0 Å². The van der Waals surface area contributed by atoms with Crippen LogP contribution in [0.3, 0.4) is 0 Å². The molecule has 0 atom stereocenters. The molecular weight excluding hydrogens is 677 g/mol. The van der Waals surface area contributed by atoms with Gasteiger partial charge in [-0.1, -0.05) is 167 Å². The third-order valence-corrected chi connectivity index (χ3v) is 12.7. The summed E-state index contributed by atoms with van der Waals surface area (Å²) in [5.74, 6) is 0.723. The summed E-state index contributed by atoms with van der Waals surface area (Å²) in [6.07, 6.45) is 0. The second-order valence-electron chi connectivity index (χ2n) is 16.6. The van der Waals surface area contributed by atoms with Crippen LogP contribution >= 0.6 is 0 Å². The van der Waals surface area contributed by atoms with Gasteiger partial charge in [-0.3, -0.25) is 0 Å². The Hall–Kier alpha value is -6.64. The van der Waals surface area contributed by atoms with Crippen LogP contribution in [0.25, 0.3) is 88.8 Å². The number of rotatable bonds is 4. The molecule has 1 heterocycles. The van der Waals surface area contributed by atoms with Crippen molar-refractivity contribution < 1.29 is 0 Å². The van der Waals surface area contributed by atoms with Crippen molar-refractivity contribution in [2.75, 3.05) is 0 Å². The first kappa shape index (κ1) is 32.8. The molecule has 0 radical (unpaired) electrons. The Balaban J connectivity index is 1.06. The second kappa shape index (κ2) is 11.9. The van der Waals surface area contributed by atoms with E-state index in [4.69, 9.17) is 9.97 Å². The van der Waals surface area contributed by atoms with Gasteiger partial charge in [-0.2, -0.15) is 0 Å². The minimum Gasteiger partial charge on any atom is -0.228 e. The van der Waals surface area contributed by atoms with Crippen LogP contribution in [0.5, 0.6) is 0 Å². The van der Waals surface area contributed by atoms with Gasteiger partial charge in [0.25, 0.3) is 0 Å². The van der Waals surface area contributed by atoms with E-state index in [-0.39, 0.29) is 10.8 Å². The van der Waals surface area contributed by atoms with Crippen LogP contribution in [0.15, 0.2) is 170 Å². The Morgan fingerprint density at radius 2 is 0.875 bits per heavy atom. The maximum absolute atomic E-state index is 5.28. The van der Waals surface area contributed by atoms with Gasteiger partial charge < -0.3 is 0 Å². The van der Waals surface area contributed by atoms with Gasteiger partial charge in [0, 0.05) is 27.5 Å². The maximum Gasteiger partial charge on any atom is 0.160 e. The summed E-state index contributed by atoms with van der Waals surface area (Å²) in [6.45, 7) is 9.39. The molecule has 0 saturated heterocycles. The molecule has 11 rings (SSSR count). The van der Waals surface area contributed by atoms with Crippen LogP contribution in [0.4, 0.5) is 0 Å². The predicted molar refractivity (Wildman–Crippen MR) is 234 cm³/mol. The number of fused-ring (bicyclic) bond motifs is 8. The Morgan fingerprint density at radius 3 is 1.70 bits per heavy atom. The highest BCUT2D eigenvalue weighted by atomic mass is 14.9.